The molecule has 0 bridgehead atoms. The summed E-state index contributed by atoms with van der Waals surface area (Å²) in [5.74, 6) is -0.779. The maximum absolute atomic E-state index is 13.8. The van der Waals surface area contributed by atoms with Gasteiger partial charge < -0.3 is 10.1 Å². The van der Waals surface area contributed by atoms with Crippen molar-refractivity contribution in [3.05, 3.63) is 91.7 Å². The van der Waals surface area contributed by atoms with Crippen molar-refractivity contribution in [2.45, 2.75) is 24.8 Å². The molecule has 1 unspecified atom stereocenters. The number of rotatable bonds is 8. The third-order valence-corrected chi connectivity index (χ3v) is 8.36. The number of thiazole rings is 1. The van der Waals surface area contributed by atoms with E-state index in [0.717, 1.165) is 0 Å². The number of carbonyl (C=O) groups excluding carboxylic acids is 1. The second-order valence-corrected chi connectivity index (χ2v) is 11.2. The first-order valence-electron chi connectivity index (χ1n) is 10.9. The van der Waals surface area contributed by atoms with E-state index >= 15 is 0 Å². The molecule has 12 heteroatoms. The van der Waals surface area contributed by atoms with E-state index in [1.807, 2.05) is 0 Å². The Morgan fingerprint density at radius 2 is 2.06 bits per heavy atom. The molecule has 2 N–H and O–H groups in total. The Labute approximate surface area is 220 Å². The fraction of sp³-hybridized carbons (Fsp3) is 0.208. The van der Waals surface area contributed by atoms with Gasteiger partial charge in [-0.2, -0.15) is 0 Å². The van der Waals surface area contributed by atoms with E-state index < -0.39 is 27.9 Å². The minimum absolute atomic E-state index is 0.102. The Kier molecular flexibility index (Phi) is 7.98. The minimum Gasteiger partial charge on any atom is -0.463 e. The topological polar surface area (TPSA) is 110 Å². The van der Waals surface area contributed by atoms with Gasteiger partial charge in [-0.1, -0.05) is 40.2 Å². The first-order valence-corrected chi connectivity index (χ1v) is 14.0. The molecule has 36 heavy (non-hydrogen) atoms. The first-order chi connectivity index (χ1) is 17.2. The average molecular weight is 594 g/mol. The molecular formula is C24H22BrFN4O4S2. The average Bonchev–Trinajstić information content (AvgIpc) is 3.38. The highest BCUT2D eigenvalue weighted by Crippen LogP contribution is 2.36. The summed E-state index contributed by atoms with van der Waals surface area (Å²) >= 11 is 4.69. The summed E-state index contributed by atoms with van der Waals surface area (Å²) in [5.41, 5.74) is 1.46. The number of esters is 1. The number of halogens is 2. The van der Waals surface area contributed by atoms with Gasteiger partial charge in [0.1, 0.15) is 11.9 Å². The molecule has 0 saturated carbocycles. The number of aryl methyl sites for hydroxylation is 1. The summed E-state index contributed by atoms with van der Waals surface area (Å²) in [6.07, 6.45) is 1.61. The summed E-state index contributed by atoms with van der Waals surface area (Å²) < 4.78 is 48.3. The molecule has 2 aromatic carbocycles. The molecule has 8 nitrogen and oxygen atoms in total. The lowest BCUT2D eigenvalue weighted by Crippen LogP contribution is -2.39. The third-order valence-electron chi connectivity index (χ3n) is 5.34. The van der Waals surface area contributed by atoms with E-state index in [0.29, 0.717) is 26.4 Å². The van der Waals surface area contributed by atoms with E-state index in [9.17, 15) is 17.6 Å². The van der Waals surface area contributed by atoms with Crippen molar-refractivity contribution >= 4 is 49.1 Å². The molecule has 0 radical (unpaired) electrons. The lowest BCUT2D eigenvalue weighted by atomic mass is 9.95. The zero-order valence-corrected chi connectivity index (χ0v) is 22.5. The standard InChI is InChI=1S/C24H22BrFN4O4S2/c1-3-34-24(31)20-18(13-28-36(32,33)19-7-5-4-6-14(19)2)29-22(23-27-10-11-35-23)30-21(20)16-9-8-15(26)12-17(16)25/h4-12,21,28H,3,13H2,1-2H3,(H,29,30). The largest absolute Gasteiger partial charge is 0.463 e. The van der Waals surface area contributed by atoms with Crippen LogP contribution in [0.2, 0.25) is 0 Å². The summed E-state index contributed by atoms with van der Waals surface area (Å²) in [4.78, 5) is 22.3. The van der Waals surface area contributed by atoms with E-state index in [1.54, 1.807) is 43.6 Å². The molecule has 4 rings (SSSR count). The highest BCUT2D eigenvalue weighted by molar-refractivity contribution is 9.10. The lowest BCUT2D eigenvalue weighted by molar-refractivity contribution is -0.139. The minimum atomic E-state index is -3.91. The lowest BCUT2D eigenvalue weighted by Gasteiger charge is -2.27. The van der Waals surface area contributed by atoms with Crippen molar-refractivity contribution in [2.75, 3.05) is 13.2 Å². The maximum atomic E-state index is 13.8. The Bertz CT molecular complexity index is 1460. The van der Waals surface area contributed by atoms with Crippen LogP contribution in [0.1, 0.15) is 29.1 Å². The fourth-order valence-electron chi connectivity index (χ4n) is 3.68. The van der Waals surface area contributed by atoms with Gasteiger partial charge in [0.25, 0.3) is 0 Å². The van der Waals surface area contributed by atoms with Gasteiger partial charge in [0.2, 0.25) is 10.0 Å². The van der Waals surface area contributed by atoms with Crippen LogP contribution >= 0.6 is 27.3 Å². The van der Waals surface area contributed by atoms with Crippen LogP contribution in [0, 0.1) is 12.7 Å². The van der Waals surface area contributed by atoms with Gasteiger partial charge in [0.15, 0.2) is 10.8 Å². The van der Waals surface area contributed by atoms with Crippen molar-refractivity contribution in [1.82, 2.24) is 15.0 Å². The number of nitrogens with one attached hydrogen (secondary N) is 2. The van der Waals surface area contributed by atoms with Gasteiger partial charge in [0.05, 0.1) is 23.6 Å². The third kappa shape index (κ3) is 5.56. The monoisotopic (exact) mass is 592 g/mol. The molecule has 0 amide bonds. The Balaban J connectivity index is 1.81. The number of hydrogen-bond acceptors (Lipinski definition) is 8. The summed E-state index contributed by atoms with van der Waals surface area (Å²) in [6, 6.07) is 9.76. The number of benzene rings is 2. The van der Waals surface area contributed by atoms with E-state index in [4.69, 9.17) is 9.73 Å². The van der Waals surface area contributed by atoms with Crippen LogP contribution in [0.5, 0.6) is 0 Å². The normalized spacial score (nSPS) is 15.9. The number of aliphatic imine (C=N–C) groups is 1. The highest BCUT2D eigenvalue weighted by atomic mass is 79.9. The van der Waals surface area contributed by atoms with Crippen LogP contribution in [0.3, 0.4) is 0 Å². The number of ether oxygens (including phenoxy) is 1. The zero-order chi connectivity index (χ0) is 25.9. The number of amidine groups is 1. The van der Waals surface area contributed by atoms with Crippen LogP contribution in [0.15, 0.2) is 79.7 Å². The van der Waals surface area contributed by atoms with E-state index in [2.05, 4.69) is 31.0 Å². The predicted octanol–water partition coefficient (Wildman–Crippen LogP) is 4.24. The van der Waals surface area contributed by atoms with Crippen LogP contribution in [-0.4, -0.2) is 38.4 Å². The second kappa shape index (κ2) is 11.0. The molecule has 1 atom stereocenters. The quantitative estimate of drug-likeness (QED) is 0.379. The summed E-state index contributed by atoms with van der Waals surface area (Å²) in [6.45, 7) is 3.23. The molecule has 0 spiro atoms. The van der Waals surface area contributed by atoms with Crippen molar-refractivity contribution < 1.29 is 22.3 Å². The molecule has 2 heterocycles. The van der Waals surface area contributed by atoms with Crippen molar-refractivity contribution in [2.24, 2.45) is 4.99 Å². The smallest absolute Gasteiger partial charge is 0.338 e. The number of nitrogens with zero attached hydrogens (tertiary/aromatic N) is 2. The fourth-order valence-corrected chi connectivity index (χ4v) is 6.08. The predicted molar refractivity (Wildman–Crippen MR) is 139 cm³/mol. The number of sulfonamides is 1. The van der Waals surface area contributed by atoms with E-state index in [1.165, 1.54) is 35.6 Å². The highest BCUT2D eigenvalue weighted by Gasteiger charge is 2.34. The molecule has 1 aliphatic rings. The molecule has 0 fully saturated rings. The second-order valence-electron chi connectivity index (χ2n) is 7.71. The molecule has 0 saturated heterocycles. The first kappa shape index (κ1) is 26.1. The SMILES string of the molecule is CCOC(=O)C1=C(CNS(=O)(=O)c2ccccc2C)NC(c2nccs2)=NC1c1ccc(F)cc1Br. The zero-order valence-electron chi connectivity index (χ0n) is 19.3. The molecule has 1 aromatic heterocycles. The number of carbonyl (C=O) groups is 1. The van der Waals surface area contributed by atoms with Gasteiger partial charge in [0, 0.05) is 21.7 Å². The van der Waals surface area contributed by atoms with Gasteiger partial charge in [-0.05, 0) is 43.2 Å². The molecule has 0 aliphatic carbocycles. The summed E-state index contributed by atoms with van der Waals surface area (Å²) in [7, 11) is -3.91. The Morgan fingerprint density at radius 1 is 1.28 bits per heavy atom. The van der Waals surface area contributed by atoms with Crippen molar-refractivity contribution in [3.8, 4) is 0 Å². The van der Waals surface area contributed by atoms with Crippen LogP contribution in [0.4, 0.5) is 4.39 Å². The van der Waals surface area contributed by atoms with Crippen molar-refractivity contribution in [3.63, 3.8) is 0 Å². The van der Waals surface area contributed by atoms with Gasteiger partial charge in [-0.15, -0.1) is 11.3 Å². The van der Waals surface area contributed by atoms with Crippen LogP contribution < -0.4 is 10.0 Å². The molecule has 188 valence electrons. The van der Waals surface area contributed by atoms with Gasteiger partial charge >= 0.3 is 5.97 Å². The van der Waals surface area contributed by atoms with Gasteiger partial charge in [-0.25, -0.2) is 27.3 Å². The van der Waals surface area contributed by atoms with Gasteiger partial charge in [-0.3, -0.25) is 4.99 Å². The summed E-state index contributed by atoms with van der Waals surface area (Å²) in [5, 5.41) is 5.39. The molecule has 1 aliphatic heterocycles. The van der Waals surface area contributed by atoms with Crippen LogP contribution in [-0.2, 0) is 19.6 Å². The van der Waals surface area contributed by atoms with Crippen LogP contribution in [0.25, 0.3) is 0 Å². The van der Waals surface area contributed by atoms with E-state index in [-0.39, 0.29) is 29.3 Å². The number of aromatic nitrogens is 1. The molecule has 3 aromatic rings. The maximum Gasteiger partial charge on any atom is 0.338 e. The Morgan fingerprint density at radius 3 is 2.72 bits per heavy atom. The number of hydrogen-bond donors (Lipinski definition) is 2. The molecular weight excluding hydrogens is 571 g/mol. The Hall–Kier alpha value is -2.93. The van der Waals surface area contributed by atoms with Crippen molar-refractivity contribution in [1.29, 1.82) is 0 Å².